The molecule has 1 unspecified atom stereocenters. The number of nitrogens with zero attached hydrogens (tertiary/aromatic N) is 2. The SMILES string of the molecule is CC(Sc1nc2sc3c(c2c(=O)n1-c1ccc(Cl)cc1)CCCC3)C(=O)Nc1ccccc1. The third-order valence-electron chi connectivity index (χ3n) is 5.74. The summed E-state index contributed by atoms with van der Waals surface area (Å²) in [6.07, 6.45) is 4.14. The summed E-state index contributed by atoms with van der Waals surface area (Å²) in [6, 6.07) is 16.5. The number of rotatable bonds is 5. The Morgan fingerprint density at radius 1 is 1.12 bits per heavy atom. The highest BCUT2D eigenvalue weighted by Gasteiger charge is 2.25. The number of fused-ring (bicyclic) bond motifs is 3. The van der Waals surface area contributed by atoms with Gasteiger partial charge < -0.3 is 5.32 Å². The Labute approximate surface area is 204 Å². The highest BCUT2D eigenvalue weighted by molar-refractivity contribution is 8.00. The fourth-order valence-electron chi connectivity index (χ4n) is 4.06. The number of thiophene rings is 1. The van der Waals surface area contributed by atoms with Crippen LogP contribution in [0.3, 0.4) is 0 Å². The van der Waals surface area contributed by atoms with E-state index in [-0.39, 0.29) is 11.5 Å². The number of anilines is 1. The smallest absolute Gasteiger partial charge is 0.267 e. The number of carbonyl (C=O) groups is 1. The number of amides is 1. The summed E-state index contributed by atoms with van der Waals surface area (Å²) in [5.41, 5.74) is 2.49. The highest BCUT2D eigenvalue weighted by Crippen LogP contribution is 2.36. The standard InChI is InChI=1S/C25H22ClN3O2S2/c1-15(22(30)27-17-7-3-2-4-8-17)32-25-28-23-21(19-9-5-6-10-20(19)33-23)24(31)29(25)18-13-11-16(26)12-14-18/h2-4,7-8,11-15H,5-6,9-10H2,1H3,(H,27,30). The average molecular weight is 496 g/mol. The number of para-hydroxylation sites is 1. The van der Waals surface area contributed by atoms with Crippen molar-refractivity contribution < 1.29 is 4.79 Å². The minimum absolute atomic E-state index is 0.0834. The fourth-order valence-corrected chi connectivity index (χ4v) is 6.42. The van der Waals surface area contributed by atoms with Gasteiger partial charge in [-0.25, -0.2) is 4.98 Å². The summed E-state index contributed by atoms with van der Waals surface area (Å²) in [5.74, 6) is -0.145. The normalized spacial score (nSPS) is 14.1. The molecule has 5 nitrogen and oxygen atoms in total. The number of benzene rings is 2. The predicted molar refractivity (Wildman–Crippen MR) is 137 cm³/mol. The van der Waals surface area contributed by atoms with Crippen molar-refractivity contribution in [1.82, 2.24) is 9.55 Å². The van der Waals surface area contributed by atoms with Crippen molar-refractivity contribution in [2.24, 2.45) is 0 Å². The highest BCUT2D eigenvalue weighted by atomic mass is 35.5. The van der Waals surface area contributed by atoms with Crippen LogP contribution in [0.2, 0.25) is 5.02 Å². The van der Waals surface area contributed by atoms with Gasteiger partial charge in [-0.2, -0.15) is 0 Å². The van der Waals surface area contributed by atoms with Crippen LogP contribution in [0, 0.1) is 0 Å². The van der Waals surface area contributed by atoms with Crippen LogP contribution in [-0.4, -0.2) is 20.7 Å². The molecule has 1 atom stereocenters. The molecule has 0 saturated carbocycles. The first-order valence-corrected chi connectivity index (χ1v) is 12.9. The first-order chi connectivity index (χ1) is 16.0. The number of nitrogens with one attached hydrogen (secondary N) is 1. The second-order valence-electron chi connectivity index (χ2n) is 8.02. The molecule has 0 spiro atoms. The van der Waals surface area contributed by atoms with Gasteiger partial charge in [0.25, 0.3) is 5.56 Å². The van der Waals surface area contributed by atoms with Gasteiger partial charge in [0.1, 0.15) is 4.83 Å². The van der Waals surface area contributed by atoms with E-state index >= 15 is 0 Å². The zero-order valence-corrected chi connectivity index (χ0v) is 20.4. The number of carbonyl (C=O) groups excluding carboxylic acids is 1. The van der Waals surface area contributed by atoms with Gasteiger partial charge in [0.05, 0.1) is 16.3 Å². The maximum absolute atomic E-state index is 13.8. The van der Waals surface area contributed by atoms with Crippen molar-refractivity contribution in [3.63, 3.8) is 0 Å². The van der Waals surface area contributed by atoms with E-state index in [0.29, 0.717) is 15.9 Å². The average Bonchev–Trinajstić information content (AvgIpc) is 3.19. The molecule has 0 fully saturated rings. The van der Waals surface area contributed by atoms with Gasteiger partial charge in [-0.05, 0) is 74.6 Å². The van der Waals surface area contributed by atoms with Crippen LogP contribution in [0.1, 0.15) is 30.2 Å². The largest absolute Gasteiger partial charge is 0.325 e. The predicted octanol–water partition coefficient (Wildman–Crippen LogP) is 6.10. The lowest BCUT2D eigenvalue weighted by Crippen LogP contribution is -2.26. The minimum atomic E-state index is -0.456. The Bertz CT molecular complexity index is 1380. The number of aromatic nitrogens is 2. The van der Waals surface area contributed by atoms with Crippen LogP contribution in [-0.2, 0) is 17.6 Å². The Morgan fingerprint density at radius 3 is 2.61 bits per heavy atom. The summed E-state index contributed by atoms with van der Waals surface area (Å²) in [7, 11) is 0. The molecule has 33 heavy (non-hydrogen) atoms. The van der Waals surface area contributed by atoms with Gasteiger partial charge in [0, 0.05) is 15.6 Å². The van der Waals surface area contributed by atoms with E-state index in [9.17, 15) is 9.59 Å². The molecule has 0 bridgehead atoms. The maximum Gasteiger partial charge on any atom is 0.267 e. The summed E-state index contributed by atoms with van der Waals surface area (Å²) in [6.45, 7) is 1.82. The number of aryl methyl sites for hydroxylation is 2. The van der Waals surface area contributed by atoms with E-state index in [1.807, 2.05) is 49.4 Å². The van der Waals surface area contributed by atoms with Crippen LogP contribution in [0.15, 0.2) is 64.5 Å². The molecular formula is C25H22ClN3O2S2. The van der Waals surface area contributed by atoms with Crippen LogP contribution in [0.4, 0.5) is 5.69 Å². The third-order valence-corrected chi connectivity index (χ3v) is 8.23. The van der Waals surface area contributed by atoms with E-state index in [0.717, 1.165) is 47.2 Å². The lowest BCUT2D eigenvalue weighted by atomic mass is 9.97. The third kappa shape index (κ3) is 4.45. The summed E-state index contributed by atoms with van der Waals surface area (Å²) in [4.78, 5) is 33.6. The second kappa shape index (κ2) is 9.33. The van der Waals surface area contributed by atoms with Gasteiger partial charge in [0.15, 0.2) is 5.16 Å². The van der Waals surface area contributed by atoms with Crippen molar-refractivity contribution >= 4 is 56.5 Å². The lowest BCUT2D eigenvalue weighted by molar-refractivity contribution is -0.115. The Kier molecular flexibility index (Phi) is 6.27. The van der Waals surface area contributed by atoms with E-state index in [1.165, 1.54) is 16.6 Å². The van der Waals surface area contributed by atoms with E-state index in [4.69, 9.17) is 16.6 Å². The Hall–Kier alpha value is -2.61. The molecule has 0 aliphatic heterocycles. The van der Waals surface area contributed by atoms with Crippen LogP contribution in [0.25, 0.3) is 15.9 Å². The Morgan fingerprint density at radius 2 is 1.85 bits per heavy atom. The van der Waals surface area contributed by atoms with Gasteiger partial charge in [-0.1, -0.05) is 41.6 Å². The zero-order valence-electron chi connectivity index (χ0n) is 18.0. The fraction of sp³-hybridized carbons (Fsp3) is 0.240. The molecule has 1 aliphatic carbocycles. The number of thioether (sulfide) groups is 1. The van der Waals surface area contributed by atoms with Crippen LogP contribution < -0.4 is 10.9 Å². The van der Waals surface area contributed by atoms with Crippen molar-refractivity contribution in [2.75, 3.05) is 5.32 Å². The number of hydrogen-bond donors (Lipinski definition) is 1. The molecule has 1 N–H and O–H groups in total. The van der Waals surface area contributed by atoms with Gasteiger partial charge in [-0.3, -0.25) is 14.2 Å². The molecule has 0 radical (unpaired) electrons. The molecule has 1 amide bonds. The molecule has 4 aromatic rings. The first kappa shape index (κ1) is 22.2. The van der Waals surface area contributed by atoms with Crippen molar-refractivity contribution in [2.45, 2.75) is 43.0 Å². The monoisotopic (exact) mass is 495 g/mol. The molecule has 2 aromatic heterocycles. The number of hydrogen-bond acceptors (Lipinski definition) is 5. The molecular weight excluding hydrogens is 474 g/mol. The molecule has 2 aromatic carbocycles. The van der Waals surface area contributed by atoms with E-state index < -0.39 is 5.25 Å². The maximum atomic E-state index is 13.8. The summed E-state index contributed by atoms with van der Waals surface area (Å²) < 4.78 is 1.62. The van der Waals surface area contributed by atoms with Crippen LogP contribution in [0.5, 0.6) is 0 Å². The quantitative estimate of drug-likeness (QED) is 0.268. The van der Waals surface area contributed by atoms with Crippen molar-refractivity contribution in [1.29, 1.82) is 0 Å². The van der Waals surface area contributed by atoms with Gasteiger partial charge in [-0.15, -0.1) is 11.3 Å². The molecule has 168 valence electrons. The topological polar surface area (TPSA) is 64.0 Å². The molecule has 2 heterocycles. The first-order valence-electron chi connectivity index (χ1n) is 10.9. The van der Waals surface area contributed by atoms with Gasteiger partial charge >= 0.3 is 0 Å². The van der Waals surface area contributed by atoms with E-state index in [1.54, 1.807) is 28.0 Å². The number of halogens is 1. The minimum Gasteiger partial charge on any atom is -0.325 e. The van der Waals surface area contributed by atoms with Crippen LogP contribution >= 0.6 is 34.7 Å². The second-order valence-corrected chi connectivity index (χ2v) is 10.8. The molecule has 5 rings (SSSR count). The van der Waals surface area contributed by atoms with Crippen molar-refractivity contribution in [3.05, 3.63) is 80.4 Å². The molecule has 8 heteroatoms. The molecule has 0 saturated heterocycles. The molecule has 1 aliphatic rings. The zero-order chi connectivity index (χ0) is 22.9. The van der Waals surface area contributed by atoms with Gasteiger partial charge in [0.2, 0.25) is 5.91 Å². The lowest BCUT2D eigenvalue weighted by Gasteiger charge is -2.16. The summed E-state index contributed by atoms with van der Waals surface area (Å²) in [5, 5.41) is 4.29. The van der Waals surface area contributed by atoms with E-state index in [2.05, 4.69) is 5.32 Å². The Balaban J connectivity index is 1.58. The summed E-state index contributed by atoms with van der Waals surface area (Å²) >= 11 is 8.99. The van der Waals surface area contributed by atoms with Crippen molar-refractivity contribution in [3.8, 4) is 5.69 Å².